The van der Waals surface area contributed by atoms with E-state index in [0.717, 1.165) is 35.3 Å². The van der Waals surface area contributed by atoms with E-state index < -0.39 is 0 Å². The van der Waals surface area contributed by atoms with Gasteiger partial charge in [0.05, 0.1) is 11.8 Å². The number of amides is 2. The quantitative estimate of drug-likeness (QED) is 0.826. The van der Waals surface area contributed by atoms with E-state index in [9.17, 15) is 9.59 Å². The highest BCUT2D eigenvalue weighted by Crippen LogP contribution is 2.23. The van der Waals surface area contributed by atoms with E-state index in [1.807, 2.05) is 49.5 Å². The number of nitrogens with zero attached hydrogens (tertiary/aromatic N) is 1. The highest BCUT2D eigenvalue weighted by atomic mass is 32.2. The third kappa shape index (κ3) is 4.76. The third-order valence-electron chi connectivity index (χ3n) is 4.00. The number of thioether (sulfide) groups is 1. The zero-order valence-electron chi connectivity index (χ0n) is 14.0. The summed E-state index contributed by atoms with van der Waals surface area (Å²) in [7, 11) is 2.04. The normalized spacial score (nSPS) is 16.6. The SMILES string of the molecule is CN(CCOc1ccc(CC2SC(=O)NC2=O)cc1)c1ccccc1. The molecule has 0 radical (unpaired) electrons. The molecule has 6 heteroatoms. The molecule has 2 amide bonds. The average Bonchev–Trinajstić information content (AvgIpc) is 2.94. The topological polar surface area (TPSA) is 58.6 Å². The molecular formula is C19H20N2O3S. The maximum absolute atomic E-state index is 11.6. The monoisotopic (exact) mass is 356 g/mol. The second kappa shape index (κ2) is 8.07. The van der Waals surface area contributed by atoms with Crippen molar-refractivity contribution >= 4 is 28.6 Å². The van der Waals surface area contributed by atoms with Gasteiger partial charge >= 0.3 is 0 Å². The fourth-order valence-electron chi connectivity index (χ4n) is 2.58. The van der Waals surface area contributed by atoms with E-state index >= 15 is 0 Å². The van der Waals surface area contributed by atoms with Crippen molar-refractivity contribution in [1.82, 2.24) is 5.32 Å². The first kappa shape index (κ1) is 17.4. The van der Waals surface area contributed by atoms with Crippen LogP contribution in [0.1, 0.15) is 5.56 Å². The molecule has 0 saturated carbocycles. The smallest absolute Gasteiger partial charge is 0.286 e. The Balaban J connectivity index is 1.46. The molecule has 0 bridgehead atoms. The molecule has 0 aromatic heterocycles. The van der Waals surface area contributed by atoms with Crippen LogP contribution in [0.3, 0.4) is 0 Å². The summed E-state index contributed by atoms with van der Waals surface area (Å²) in [6.07, 6.45) is 0.541. The fraction of sp³-hybridized carbons (Fsp3) is 0.263. The van der Waals surface area contributed by atoms with Crippen LogP contribution in [0, 0.1) is 0 Å². The summed E-state index contributed by atoms with van der Waals surface area (Å²) in [6.45, 7) is 1.37. The van der Waals surface area contributed by atoms with E-state index in [1.165, 1.54) is 0 Å². The van der Waals surface area contributed by atoms with Gasteiger partial charge in [-0.3, -0.25) is 14.9 Å². The van der Waals surface area contributed by atoms with Crippen molar-refractivity contribution in [3.8, 4) is 5.75 Å². The summed E-state index contributed by atoms with van der Waals surface area (Å²) in [5.41, 5.74) is 2.17. The van der Waals surface area contributed by atoms with Crippen LogP contribution in [0.15, 0.2) is 54.6 Å². The van der Waals surface area contributed by atoms with Gasteiger partial charge in [-0.2, -0.15) is 0 Å². The van der Waals surface area contributed by atoms with Gasteiger partial charge in [0, 0.05) is 12.7 Å². The van der Waals surface area contributed by atoms with Crippen molar-refractivity contribution in [2.45, 2.75) is 11.7 Å². The second-order valence-corrected chi connectivity index (χ2v) is 7.01. The number of ether oxygens (including phenoxy) is 1. The Morgan fingerprint density at radius 3 is 2.44 bits per heavy atom. The Morgan fingerprint density at radius 2 is 1.80 bits per heavy atom. The fourth-order valence-corrected chi connectivity index (χ4v) is 3.44. The molecule has 1 N–H and O–H groups in total. The third-order valence-corrected chi connectivity index (χ3v) is 4.99. The number of para-hydroxylation sites is 1. The van der Waals surface area contributed by atoms with E-state index in [4.69, 9.17) is 4.74 Å². The highest BCUT2D eigenvalue weighted by molar-refractivity contribution is 8.15. The van der Waals surface area contributed by atoms with E-state index in [1.54, 1.807) is 0 Å². The van der Waals surface area contributed by atoms with Gasteiger partial charge in [0.25, 0.3) is 5.24 Å². The summed E-state index contributed by atoms with van der Waals surface area (Å²) in [4.78, 5) is 24.9. The van der Waals surface area contributed by atoms with Gasteiger partial charge in [-0.25, -0.2) is 0 Å². The van der Waals surface area contributed by atoms with Crippen LogP contribution in [0.25, 0.3) is 0 Å². The number of imide groups is 1. The van der Waals surface area contributed by atoms with E-state index in [-0.39, 0.29) is 16.4 Å². The van der Waals surface area contributed by atoms with Crippen molar-refractivity contribution in [2.75, 3.05) is 25.1 Å². The average molecular weight is 356 g/mol. The zero-order chi connectivity index (χ0) is 17.6. The number of rotatable bonds is 7. The van der Waals surface area contributed by atoms with Gasteiger partial charge < -0.3 is 9.64 Å². The first-order valence-electron chi connectivity index (χ1n) is 8.11. The van der Waals surface area contributed by atoms with Crippen molar-refractivity contribution in [1.29, 1.82) is 0 Å². The summed E-state index contributed by atoms with van der Waals surface area (Å²) < 4.78 is 5.78. The van der Waals surface area contributed by atoms with Crippen LogP contribution in [-0.4, -0.2) is 36.6 Å². The highest BCUT2D eigenvalue weighted by Gasteiger charge is 2.31. The predicted molar refractivity (Wildman–Crippen MR) is 100 cm³/mol. The number of benzene rings is 2. The van der Waals surface area contributed by atoms with Gasteiger partial charge in [0.15, 0.2) is 0 Å². The number of carbonyl (C=O) groups is 2. The maximum Gasteiger partial charge on any atom is 0.286 e. The molecule has 1 saturated heterocycles. The molecule has 5 nitrogen and oxygen atoms in total. The molecule has 130 valence electrons. The van der Waals surface area contributed by atoms with Crippen molar-refractivity contribution in [3.05, 3.63) is 60.2 Å². The van der Waals surface area contributed by atoms with Crippen molar-refractivity contribution in [2.24, 2.45) is 0 Å². The number of carbonyl (C=O) groups excluding carboxylic acids is 2. The zero-order valence-corrected chi connectivity index (χ0v) is 14.8. The molecule has 2 aromatic carbocycles. The molecular weight excluding hydrogens is 336 g/mol. The molecule has 0 aliphatic carbocycles. The minimum atomic E-state index is -0.334. The molecule has 25 heavy (non-hydrogen) atoms. The lowest BCUT2D eigenvalue weighted by atomic mass is 10.1. The summed E-state index contributed by atoms with van der Waals surface area (Å²) in [6, 6.07) is 17.8. The molecule has 1 fully saturated rings. The number of hydrogen-bond acceptors (Lipinski definition) is 5. The summed E-state index contributed by atoms with van der Waals surface area (Å²) >= 11 is 1.05. The minimum absolute atomic E-state index is 0.209. The first-order chi connectivity index (χ1) is 12.1. The van der Waals surface area contributed by atoms with Crippen molar-refractivity contribution in [3.63, 3.8) is 0 Å². The maximum atomic E-state index is 11.6. The molecule has 1 aliphatic heterocycles. The largest absolute Gasteiger partial charge is 0.492 e. The van der Waals surface area contributed by atoms with Crippen LogP contribution in [-0.2, 0) is 11.2 Å². The Labute approximate surface area is 151 Å². The van der Waals surface area contributed by atoms with Gasteiger partial charge in [0.1, 0.15) is 12.4 Å². The van der Waals surface area contributed by atoms with Crippen LogP contribution < -0.4 is 15.0 Å². The van der Waals surface area contributed by atoms with Gasteiger partial charge in [-0.05, 0) is 36.2 Å². The van der Waals surface area contributed by atoms with Gasteiger partial charge in [-0.1, -0.05) is 42.1 Å². The standard InChI is InChI=1S/C19H20N2O3S/c1-21(15-5-3-2-4-6-15)11-12-24-16-9-7-14(8-10-16)13-17-18(22)20-19(23)25-17/h2-10,17H,11-13H2,1H3,(H,20,22,23). The number of anilines is 1. The van der Waals surface area contributed by atoms with Crippen LogP contribution in [0.2, 0.25) is 0 Å². The van der Waals surface area contributed by atoms with E-state index in [0.29, 0.717) is 13.0 Å². The Kier molecular flexibility index (Phi) is 5.60. The Bertz CT molecular complexity index is 734. The van der Waals surface area contributed by atoms with Crippen LogP contribution in [0.5, 0.6) is 5.75 Å². The summed E-state index contributed by atoms with van der Waals surface area (Å²) in [5, 5.41) is 1.71. The van der Waals surface area contributed by atoms with Crippen LogP contribution >= 0.6 is 11.8 Å². The Morgan fingerprint density at radius 1 is 1.08 bits per heavy atom. The lowest BCUT2D eigenvalue weighted by Gasteiger charge is -2.19. The van der Waals surface area contributed by atoms with Crippen molar-refractivity contribution < 1.29 is 14.3 Å². The molecule has 0 spiro atoms. The van der Waals surface area contributed by atoms with Gasteiger partial charge in [-0.15, -0.1) is 0 Å². The molecule has 3 rings (SSSR count). The molecule has 1 atom stereocenters. The molecule has 1 unspecified atom stereocenters. The minimum Gasteiger partial charge on any atom is -0.492 e. The lowest BCUT2D eigenvalue weighted by Crippen LogP contribution is -2.25. The number of nitrogens with one attached hydrogen (secondary N) is 1. The molecule has 2 aromatic rings. The molecule has 1 heterocycles. The number of hydrogen-bond donors (Lipinski definition) is 1. The summed E-state index contributed by atoms with van der Waals surface area (Å²) in [5.74, 6) is 0.587. The lowest BCUT2D eigenvalue weighted by molar-refractivity contribution is -0.118. The van der Waals surface area contributed by atoms with Crippen LogP contribution in [0.4, 0.5) is 10.5 Å². The Hall–Kier alpha value is -2.47. The molecule has 1 aliphatic rings. The second-order valence-electron chi connectivity index (χ2n) is 5.84. The number of likely N-dealkylation sites (N-methyl/N-ethyl adjacent to an activating group) is 1. The first-order valence-corrected chi connectivity index (χ1v) is 8.99. The van der Waals surface area contributed by atoms with Gasteiger partial charge in [0.2, 0.25) is 5.91 Å². The van der Waals surface area contributed by atoms with E-state index in [2.05, 4.69) is 22.3 Å². The predicted octanol–water partition coefficient (Wildman–Crippen LogP) is 3.10.